The van der Waals surface area contributed by atoms with E-state index in [0.29, 0.717) is 13.2 Å². The van der Waals surface area contributed by atoms with Gasteiger partial charge in [-0.15, -0.1) is 23.5 Å². The second-order valence-electron chi connectivity index (χ2n) is 6.84. The molecular weight excluding hydrogens is 360 g/mol. The lowest BCUT2D eigenvalue weighted by Crippen LogP contribution is -2.22. The van der Waals surface area contributed by atoms with Gasteiger partial charge in [-0.25, -0.2) is 0 Å². The first-order valence-corrected chi connectivity index (χ1v) is 11.3. The summed E-state index contributed by atoms with van der Waals surface area (Å²) in [7, 11) is 1.68. The molecular formula is C22H32O2S2. The van der Waals surface area contributed by atoms with Crippen molar-refractivity contribution in [3.63, 3.8) is 0 Å². The Labute approximate surface area is 167 Å². The third kappa shape index (κ3) is 7.05. The van der Waals surface area contributed by atoms with Crippen molar-refractivity contribution >= 4 is 23.5 Å². The second kappa shape index (κ2) is 11.1. The fourth-order valence-corrected chi connectivity index (χ4v) is 5.76. The molecule has 2 rings (SSSR count). The van der Waals surface area contributed by atoms with E-state index in [1.165, 1.54) is 34.6 Å². The SMILES string of the molecule is COc1ccc(COC/C=C(\C)CC/C=C(\C)C2(C)SCCCS2)cc1. The Balaban J connectivity index is 1.68. The van der Waals surface area contributed by atoms with Crippen molar-refractivity contribution in [2.24, 2.45) is 0 Å². The quantitative estimate of drug-likeness (QED) is 0.354. The Morgan fingerprint density at radius 2 is 1.81 bits per heavy atom. The second-order valence-corrected chi connectivity index (χ2v) is 10.1. The van der Waals surface area contributed by atoms with Gasteiger partial charge in [-0.2, -0.15) is 0 Å². The molecule has 4 heteroatoms. The fraction of sp³-hybridized carbons (Fsp3) is 0.545. The van der Waals surface area contributed by atoms with Crippen molar-refractivity contribution in [3.8, 4) is 5.75 Å². The maximum absolute atomic E-state index is 5.76. The predicted molar refractivity (Wildman–Crippen MR) is 117 cm³/mol. The average molecular weight is 393 g/mol. The van der Waals surface area contributed by atoms with E-state index in [1.54, 1.807) is 7.11 Å². The van der Waals surface area contributed by atoms with E-state index in [9.17, 15) is 0 Å². The van der Waals surface area contributed by atoms with Gasteiger partial charge in [-0.1, -0.05) is 35.4 Å². The molecule has 0 unspecified atom stereocenters. The highest BCUT2D eigenvalue weighted by molar-refractivity contribution is 8.19. The van der Waals surface area contributed by atoms with E-state index in [-0.39, 0.29) is 4.08 Å². The average Bonchev–Trinajstić information content (AvgIpc) is 2.66. The minimum absolute atomic E-state index is 0.289. The van der Waals surface area contributed by atoms with Crippen molar-refractivity contribution in [3.05, 3.63) is 53.1 Å². The third-order valence-corrected chi connectivity index (χ3v) is 8.16. The molecule has 0 spiro atoms. The molecule has 0 atom stereocenters. The largest absolute Gasteiger partial charge is 0.497 e. The van der Waals surface area contributed by atoms with Gasteiger partial charge < -0.3 is 9.47 Å². The van der Waals surface area contributed by atoms with Crippen molar-refractivity contribution < 1.29 is 9.47 Å². The van der Waals surface area contributed by atoms with E-state index in [1.807, 2.05) is 24.3 Å². The molecule has 1 aliphatic rings. The van der Waals surface area contributed by atoms with Gasteiger partial charge in [0, 0.05) is 0 Å². The normalized spacial score (nSPS) is 18.0. The van der Waals surface area contributed by atoms with E-state index < -0.39 is 0 Å². The van der Waals surface area contributed by atoms with Gasteiger partial charge in [0.2, 0.25) is 0 Å². The summed E-state index contributed by atoms with van der Waals surface area (Å²) in [5.74, 6) is 3.46. The fourth-order valence-electron chi connectivity index (χ4n) is 2.77. The highest BCUT2D eigenvalue weighted by Gasteiger charge is 2.29. The molecule has 0 bridgehead atoms. The van der Waals surface area contributed by atoms with Crippen LogP contribution in [0.1, 0.15) is 45.6 Å². The van der Waals surface area contributed by atoms with Crippen LogP contribution in [0, 0.1) is 0 Å². The summed E-state index contributed by atoms with van der Waals surface area (Å²) in [6, 6.07) is 8.03. The molecule has 0 saturated carbocycles. The molecule has 1 saturated heterocycles. The Bertz CT molecular complexity index is 599. The molecule has 1 aromatic rings. The first kappa shape index (κ1) is 21.5. The van der Waals surface area contributed by atoms with Crippen LogP contribution in [0.25, 0.3) is 0 Å². The summed E-state index contributed by atoms with van der Waals surface area (Å²) in [5.41, 5.74) is 4.10. The number of hydrogen-bond acceptors (Lipinski definition) is 4. The number of rotatable bonds is 9. The summed E-state index contributed by atoms with van der Waals surface area (Å²) in [6.45, 7) is 8.18. The van der Waals surface area contributed by atoms with E-state index in [4.69, 9.17) is 9.47 Å². The lowest BCUT2D eigenvalue weighted by Gasteiger charge is -2.33. The molecule has 0 aromatic heterocycles. The molecule has 0 radical (unpaired) electrons. The first-order valence-electron chi connectivity index (χ1n) is 9.35. The maximum atomic E-state index is 5.76. The minimum atomic E-state index is 0.289. The number of benzene rings is 1. The number of thioether (sulfide) groups is 2. The van der Waals surface area contributed by atoms with Gasteiger partial charge in [0.25, 0.3) is 0 Å². The molecule has 0 amide bonds. The lowest BCUT2D eigenvalue weighted by atomic mass is 10.1. The summed E-state index contributed by atoms with van der Waals surface area (Å²) in [4.78, 5) is 0. The lowest BCUT2D eigenvalue weighted by molar-refractivity contribution is 0.148. The zero-order chi connectivity index (χ0) is 18.8. The van der Waals surface area contributed by atoms with Crippen LogP contribution >= 0.6 is 23.5 Å². The van der Waals surface area contributed by atoms with Crippen LogP contribution in [0.2, 0.25) is 0 Å². The molecule has 2 nitrogen and oxygen atoms in total. The zero-order valence-corrected chi connectivity index (χ0v) is 18.2. The molecule has 1 heterocycles. The van der Waals surface area contributed by atoms with Crippen LogP contribution in [0.3, 0.4) is 0 Å². The summed E-state index contributed by atoms with van der Waals surface area (Å²) in [5, 5.41) is 0. The summed E-state index contributed by atoms with van der Waals surface area (Å²) < 4.78 is 11.2. The van der Waals surface area contributed by atoms with Crippen molar-refractivity contribution in [2.45, 2.75) is 50.7 Å². The monoisotopic (exact) mass is 392 g/mol. The molecule has 26 heavy (non-hydrogen) atoms. The van der Waals surface area contributed by atoms with Gasteiger partial charge in [0.1, 0.15) is 5.75 Å². The van der Waals surface area contributed by atoms with Crippen LogP contribution < -0.4 is 4.74 Å². The molecule has 0 N–H and O–H groups in total. The first-order chi connectivity index (χ1) is 12.5. The number of hydrogen-bond donors (Lipinski definition) is 0. The Morgan fingerprint density at radius 3 is 2.46 bits per heavy atom. The standard InChI is InChI=1S/C22H32O2S2/c1-18(7-5-8-19(2)22(3)25-15-6-16-26-22)13-14-24-17-20-9-11-21(23-4)12-10-20/h8-13H,5-7,14-17H2,1-4H3/b18-13+,19-8+. The van der Waals surface area contributed by atoms with Crippen molar-refractivity contribution in [1.29, 1.82) is 0 Å². The van der Waals surface area contributed by atoms with Crippen LogP contribution in [0.15, 0.2) is 47.6 Å². The van der Waals surface area contributed by atoms with Crippen molar-refractivity contribution in [1.82, 2.24) is 0 Å². The molecule has 144 valence electrons. The van der Waals surface area contributed by atoms with Crippen LogP contribution in [0.4, 0.5) is 0 Å². The Morgan fingerprint density at radius 1 is 1.12 bits per heavy atom. The highest BCUT2D eigenvalue weighted by Crippen LogP contribution is 2.46. The van der Waals surface area contributed by atoms with Gasteiger partial charge in [0.15, 0.2) is 0 Å². The van der Waals surface area contributed by atoms with Gasteiger partial charge in [-0.05, 0) is 69.2 Å². The summed E-state index contributed by atoms with van der Waals surface area (Å²) >= 11 is 4.20. The zero-order valence-electron chi connectivity index (χ0n) is 16.5. The molecule has 1 aromatic carbocycles. The van der Waals surface area contributed by atoms with Crippen LogP contribution in [0.5, 0.6) is 5.75 Å². The van der Waals surface area contributed by atoms with Crippen LogP contribution in [-0.4, -0.2) is 29.3 Å². The molecule has 0 aliphatic carbocycles. The van der Waals surface area contributed by atoms with Gasteiger partial charge in [0.05, 0.1) is 24.4 Å². The van der Waals surface area contributed by atoms with E-state index in [2.05, 4.69) is 56.4 Å². The van der Waals surface area contributed by atoms with Gasteiger partial charge in [-0.3, -0.25) is 0 Å². The maximum Gasteiger partial charge on any atom is 0.118 e. The Hall–Kier alpha value is -0.840. The number of allylic oxidation sites excluding steroid dienone is 2. The predicted octanol–water partition coefficient (Wildman–Crippen LogP) is 6.47. The van der Waals surface area contributed by atoms with Gasteiger partial charge >= 0.3 is 0 Å². The smallest absolute Gasteiger partial charge is 0.118 e. The topological polar surface area (TPSA) is 18.5 Å². The van der Waals surface area contributed by atoms with E-state index in [0.717, 1.165) is 18.6 Å². The number of ether oxygens (including phenoxy) is 2. The highest BCUT2D eigenvalue weighted by atomic mass is 32.2. The minimum Gasteiger partial charge on any atom is -0.497 e. The van der Waals surface area contributed by atoms with E-state index >= 15 is 0 Å². The van der Waals surface area contributed by atoms with Crippen molar-refractivity contribution in [2.75, 3.05) is 25.2 Å². The summed E-state index contributed by atoms with van der Waals surface area (Å²) in [6.07, 6.45) is 8.20. The Kier molecular flexibility index (Phi) is 9.17. The molecule has 1 fully saturated rings. The third-order valence-electron chi connectivity index (χ3n) is 4.73. The number of methoxy groups -OCH3 is 1. The molecule has 1 aliphatic heterocycles. The van der Waals surface area contributed by atoms with Crippen LogP contribution in [-0.2, 0) is 11.3 Å².